The molecule has 1 fully saturated rings. The predicted octanol–water partition coefficient (Wildman–Crippen LogP) is 2.76. The van der Waals surface area contributed by atoms with Gasteiger partial charge in [-0.2, -0.15) is 0 Å². The zero-order chi connectivity index (χ0) is 16.1. The van der Waals surface area contributed by atoms with Gasteiger partial charge in [0.2, 0.25) is 5.91 Å². The van der Waals surface area contributed by atoms with E-state index >= 15 is 0 Å². The van der Waals surface area contributed by atoms with E-state index in [0.29, 0.717) is 17.4 Å². The van der Waals surface area contributed by atoms with Gasteiger partial charge in [-0.25, -0.2) is 0 Å². The van der Waals surface area contributed by atoms with Gasteiger partial charge >= 0.3 is 0 Å². The number of ether oxygens (including phenoxy) is 2. The zero-order valence-electron chi connectivity index (χ0n) is 13.9. The molecule has 0 radical (unpaired) electrons. The molecular weight excluding hydrogens is 280 g/mol. The molecule has 1 heterocycles. The van der Waals surface area contributed by atoms with Gasteiger partial charge in [0, 0.05) is 18.3 Å². The van der Waals surface area contributed by atoms with Gasteiger partial charge in [-0.05, 0) is 44.4 Å². The molecule has 1 aliphatic heterocycles. The lowest BCUT2D eigenvalue weighted by molar-refractivity contribution is -0.121. The average Bonchev–Trinajstić information content (AvgIpc) is 2.53. The number of amides is 1. The number of rotatable bonds is 5. The van der Waals surface area contributed by atoms with E-state index in [9.17, 15) is 4.79 Å². The van der Waals surface area contributed by atoms with Gasteiger partial charge in [-0.1, -0.05) is 6.92 Å². The quantitative estimate of drug-likeness (QED) is 0.909. The molecule has 0 spiro atoms. The summed E-state index contributed by atoms with van der Waals surface area (Å²) in [6.07, 6.45) is 2.41. The Morgan fingerprint density at radius 1 is 1.32 bits per heavy atom. The van der Waals surface area contributed by atoms with E-state index in [-0.39, 0.29) is 11.9 Å². The van der Waals surface area contributed by atoms with Crippen LogP contribution in [0.4, 0.5) is 5.69 Å². The molecule has 1 N–H and O–H groups in total. The number of hydrogen-bond donors (Lipinski definition) is 1. The van der Waals surface area contributed by atoms with Crippen LogP contribution >= 0.6 is 0 Å². The highest BCUT2D eigenvalue weighted by molar-refractivity contribution is 5.94. The lowest BCUT2D eigenvalue weighted by Gasteiger charge is -2.34. The van der Waals surface area contributed by atoms with Crippen molar-refractivity contribution in [1.82, 2.24) is 4.90 Å². The van der Waals surface area contributed by atoms with Crippen LogP contribution in [-0.4, -0.2) is 44.2 Å². The van der Waals surface area contributed by atoms with Crippen LogP contribution < -0.4 is 14.8 Å². The topological polar surface area (TPSA) is 50.8 Å². The van der Waals surface area contributed by atoms with Crippen molar-refractivity contribution in [2.75, 3.05) is 32.6 Å². The summed E-state index contributed by atoms with van der Waals surface area (Å²) in [6.45, 7) is 6.19. The first kappa shape index (κ1) is 16.6. The van der Waals surface area contributed by atoms with Crippen LogP contribution in [0.25, 0.3) is 0 Å². The van der Waals surface area contributed by atoms with Crippen LogP contribution in [0.15, 0.2) is 18.2 Å². The number of hydrogen-bond acceptors (Lipinski definition) is 4. The molecule has 5 nitrogen and oxygen atoms in total. The minimum atomic E-state index is -0.129. The monoisotopic (exact) mass is 306 g/mol. The molecule has 1 aromatic rings. The highest BCUT2D eigenvalue weighted by atomic mass is 16.5. The third-order valence-corrected chi connectivity index (χ3v) is 4.27. The van der Waals surface area contributed by atoms with Gasteiger partial charge < -0.3 is 14.8 Å². The number of methoxy groups -OCH3 is 2. The Bertz CT molecular complexity index is 519. The number of piperidine rings is 1. The summed E-state index contributed by atoms with van der Waals surface area (Å²) in [4.78, 5) is 14.7. The van der Waals surface area contributed by atoms with Crippen LogP contribution in [0.1, 0.15) is 26.7 Å². The molecule has 2 rings (SSSR count). The van der Waals surface area contributed by atoms with Crippen LogP contribution in [0.3, 0.4) is 0 Å². The molecule has 1 aromatic carbocycles. The van der Waals surface area contributed by atoms with Crippen LogP contribution in [0, 0.1) is 5.92 Å². The lowest BCUT2D eigenvalue weighted by Crippen LogP contribution is -2.46. The van der Waals surface area contributed by atoms with Crippen LogP contribution in [0.5, 0.6) is 11.5 Å². The van der Waals surface area contributed by atoms with Crippen molar-refractivity contribution < 1.29 is 14.3 Å². The van der Waals surface area contributed by atoms with E-state index in [1.54, 1.807) is 26.4 Å². The van der Waals surface area contributed by atoms with E-state index in [1.165, 1.54) is 6.42 Å². The molecule has 122 valence electrons. The summed E-state index contributed by atoms with van der Waals surface area (Å²) in [6, 6.07) is 5.27. The van der Waals surface area contributed by atoms with Crippen molar-refractivity contribution in [2.45, 2.75) is 32.7 Å². The summed E-state index contributed by atoms with van der Waals surface area (Å²) in [7, 11) is 3.18. The Balaban J connectivity index is 2.01. The van der Waals surface area contributed by atoms with Crippen molar-refractivity contribution in [2.24, 2.45) is 5.92 Å². The normalized spacial score (nSPS) is 20.3. The Labute approximate surface area is 132 Å². The van der Waals surface area contributed by atoms with Crippen LogP contribution in [0.2, 0.25) is 0 Å². The maximum Gasteiger partial charge on any atom is 0.241 e. The molecule has 1 aliphatic rings. The number of likely N-dealkylation sites (tertiary alicyclic amines) is 1. The molecule has 5 heteroatoms. The third-order valence-electron chi connectivity index (χ3n) is 4.27. The summed E-state index contributed by atoms with van der Waals surface area (Å²) in [5.74, 6) is 1.93. The number of carbonyl (C=O) groups excluding carboxylic acids is 1. The molecule has 2 atom stereocenters. The molecule has 0 bridgehead atoms. The minimum absolute atomic E-state index is 0.0151. The summed E-state index contributed by atoms with van der Waals surface area (Å²) in [5, 5.41) is 2.96. The van der Waals surface area contributed by atoms with Crippen molar-refractivity contribution in [1.29, 1.82) is 0 Å². The smallest absolute Gasteiger partial charge is 0.241 e. The molecule has 0 saturated carbocycles. The van der Waals surface area contributed by atoms with Crippen molar-refractivity contribution in [3.63, 3.8) is 0 Å². The number of benzene rings is 1. The average molecular weight is 306 g/mol. The second kappa shape index (κ2) is 7.49. The van der Waals surface area contributed by atoms with Gasteiger partial charge in [-0.3, -0.25) is 9.69 Å². The highest BCUT2D eigenvalue weighted by Gasteiger charge is 2.25. The van der Waals surface area contributed by atoms with Gasteiger partial charge in [0.15, 0.2) is 11.5 Å². The van der Waals surface area contributed by atoms with Gasteiger partial charge in [0.05, 0.1) is 20.3 Å². The first-order valence-corrected chi connectivity index (χ1v) is 7.82. The van der Waals surface area contributed by atoms with Gasteiger partial charge in [0.25, 0.3) is 0 Å². The fourth-order valence-corrected chi connectivity index (χ4v) is 2.90. The maximum atomic E-state index is 12.4. The summed E-state index contributed by atoms with van der Waals surface area (Å²) in [5.41, 5.74) is 0.722. The summed E-state index contributed by atoms with van der Waals surface area (Å²) >= 11 is 0. The first-order chi connectivity index (χ1) is 10.5. The number of anilines is 1. The number of nitrogens with one attached hydrogen (secondary N) is 1. The minimum Gasteiger partial charge on any atom is -0.493 e. The Morgan fingerprint density at radius 3 is 2.68 bits per heavy atom. The van der Waals surface area contributed by atoms with E-state index < -0.39 is 0 Å². The van der Waals surface area contributed by atoms with E-state index in [1.807, 2.05) is 13.0 Å². The first-order valence-electron chi connectivity index (χ1n) is 7.82. The van der Waals surface area contributed by atoms with E-state index in [0.717, 1.165) is 25.2 Å². The molecule has 1 amide bonds. The molecule has 0 aliphatic carbocycles. The van der Waals surface area contributed by atoms with Crippen LogP contribution in [-0.2, 0) is 4.79 Å². The number of nitrogens with zero attached hydrogens (tertiary/aromatic N) is 1. The molecule has 0 unspecified atom stereocenters. The molecule has 22 heavy (non-hydrogen) atoms. The SMILES string of the molecule is COc1ccc(NC(=O)[C@H](C)N2CCC[C@H](C)C2)cc1OC. The summed E-state index contributed by atoms with van der Waals surface area (Å²) < 4.78 is 10.5. The van der Waals surface area contributed by atoms with Gasteiger partial charge in [0.1, 0.15) is 0 Å². The second-order valence-electron chi connectivity index (χ2n) is 5.98. The second-order valence-corrected chi connectivity index (χ2v) is 5.98. The standard InChI is InChI=1S/C17H26N2O3/c1-12-6-5-9-19(11-12)13(2)17(20)18-14-7-8-15(21-3)16(10-14)22-4/h7-8,10,12-13H,5-6,9,11H2,1-4H3,(H,18,20)/t12-,13-/m0/s1. The van der Waals surface area contributed by atoms with Crippen molar-refractivity contribution in [3.05, 3.63) is 18.2 Å². The maximum absolute atomic E-state index is 12.4. The molecular formula is C17H26N2O3. The van der Waals surface area contributed by atoms with Crippen molar-refractivity contribution in [3.8, 4) is 11.5 Å². The Kier molecular flexibility index (Phi) is 5.66. The fraction of sp³-hybridized carbons (Fsp3) is 0.588. The third kappa shape index (κ3) is 3.91. The fourth-order valence-electron chi connectivity index (χ4n) is 2.90. The zero-order valence-corrected chi connectivity index (χ0v) is 13.9. The van der Waals surface area contributed by atoms with Gasteiger partial charge in [-0.15, -0.1) is 0 Å². The number of carbonyl (C=O) groups is 1. The van der Waals surface area contributed by atoms with E-state index in [4.69, 9.17) is 9.47 Å². The predicted molar refractivity (Wildman–Crippen MR) is 87.6 cm³/mol. The Morgan fingerprint density at radius 2 is 2.05 bits per heavy atom. The Hall–Kier alpha value is -1.75. The van der Waals surface area contributed by atoms with Crippen molar-refractivity contribution >= 4 is 11.6 Å². The van der Waals surface area contributed by atoms with E-state index in [2.05, 4.69) is 17.1 Å². The highest BCUT2D eigenvalue weighted by Crippen LogP contribution is 2.30. The lowest BCUT2D eigenvalue weighted by atomic mass is 9.99. The molecule has 0 aromatic heterocycles. The largest absolute Gasteiger partial charge is 0.493 e. The molecule has 1 saturated heterocycles.